The molecule has 1 heterocycles. The minimum Gasteiger partial charge on any atom is -0.454 e. The normalized spacial score (nSPS) is 17.3. The first-order valence-electron chi connectivity index (χ1n) is 8.99. The van der Waals surface area contributed by atoms with Crippen molar-refractivity contribution in [1.29, 1.82) is 0 Å². The summed E-state index contributed by atoms with van der Waals surface area (Å²) in [6, 6.07) is 13.6. The van der Waals surface area contributed by atoms with Crippen LogP contribution in [-0.2, 0) is 16.8 Å². The number of rotatable bonds is 4. The Morgan fingerprint density at radius 3 is 2.50 bits per heavy atom. The van der Waals surface area contributed by atoms with Crippen LogP contribution >= 0.6 is 11.6 Å². The molecule has 136 valence electrons. The second-order valence-electron chi connectivity index (χ2n) is 7.14. The molecule has 0 atom stereocenters. The highest BCUT2D eigenvalue weighted by atomic mass is 35.5. The van der Waals surface area contributed by atoms with Crippen LogP contribution in [0.15, 0.2) is 42.5 Å². The second-order valence-corrected chi connectivity index (χ2v) is 7.58. The highest BCUT2D eigenvalue weighted by Crippen LogP contribution is 2.43. The lowest BCUT2D eigenvalue weighted by Crippen LogP contribution is -2.43. The molecule has 26 heavy (non-hydrogen) atoms. The zero-order valence-electron chi connectivity index (χ0n) is 14.8. The molecule has 0 aromatic heterocycles. The van der Waals surface area contributed by atoms with Crippen molar-refractivity contribution >= 4 is 17.5 Å². The molecule has 2 aliphatic rings. The van der Waals surface area contributed by atoms with Crippen LogP contribution in [0.25, 0.3) is 0 Å². The molecule has 5 heteroatoms. The SMILES string of the molecule is CN(Cc1ccc2c(c1)OCO2)C(=O)C1(c2ccc(Cl)cc2)CCCC1. The largest absolute Gasteiger partial charge is 0.454 e. The summed E-state index contributed by atoms with van der Waals surface area (Å²) in [4.78, 5) is 15.3. The van der Waals surface area contributed by atoms with E-state index >= 15 is 0 Å². The van der Waals surface area contributed by atoms with Gasteiger partial charge >= 0.3 is 0 Å². The van der Waals surface area contributed by atoms with Gasteiger partial charge < -0.3 is 14.4 Å². The van der Waals surface area contributed by atoms with Crippen molar-refractivity contribution in [1.82, 2.24) is 4.90 Å². The van der Waals surface area contributed by atoms with Crippen LogP contribution in [0.3, 0.4) is 0 Å². The Labute approximate surface area is 158 Å². The number of benzene rings is 2. The van der Waals surface area contributed by atoms with E-state index in [-0.39, 0.29) is 12.7 Å². The van der Waals surface area contributed by atoms with E-state index in [0.717, 1.165) is 48.3 Å². The Hall–Kier alpha value is -2.20. The maximum atomic E-state index is 13.4. The van der Waals surface area contributed by atoms with Crippen molar-refractivity contribution in [2.24, 2.45) is 0 Å². The van der Waals surface area contributed by atoms with Crippen molar-refractivity contribution in [3.63, 3.8) is 0 Å². The highest BCUT2D eigenvalue weighted by Gasteiger charge is 2.44. The van der Waals surface area contributed by atoms with E-state index in [4.69, 9.17) is 21.1 Å². The Bertz CT molecular complexity index is 813. The summed E-state index contributed by atoms with van der Waals surface area (Å²) in [7, 11) is 1.88. The fourth-order valence-electron chi connectivity index (χ4n) is 4.12. The van der Waals surface area contributed by atoms with Gasteiger partial charge in [0.25, 0.3) is 0 Å². The van der Waals surface area contributed by atoms with E-state index < -0.39 is 5.41 Å². The van der Waals surface area contributed by atoms with Gasteiger partial charge in [0.2, 0.25) is 12.7 Å². The van der Waals surface area contributed by atoms with E-state index in [1.807, 2.05) is 54.4 Å². The van der Waals surface area contributed by atoms with Gasteiger partial charge in [-0.15, -0.1) is 0 Å². The molecule has 1 aliphatic heterocycles. The summed E-state index contributed by atoms with van der Waals surface area (Å²) >= 11 is 6.04. The van der Waals surface area contributed by atoms with Crippen LogP contribution in [0.4, 0.5) is 0 Å². The van der Waals surface area contributed by atoms with Gasteiger partial charge in [0.1, 0.15) is 0 Å². The number of carbonyl (C=O) groups is 1. The molecule has 0 N–H and O–H groups in total. The molecule has 1 saturated carbocycles. The summed E-state index contributed by atoms with van der Waals surface area (Å²) in [5.41, 5.74) is 1.67. The third kappa shape index (κ3) is 3.03. The lowest BCUT2D eigenvalue weighted by atomic mass is 9.77. The monoisotopic (exact) mass is 371 g/mol. The fraction of sp³-hybridized carbons (Fsp3) is 0.381. The summed E-state index contributed by atoms with van der Waals surface area (Å²) in [5.74, 6) is 1.68. The van der Waals surface area contributed by atoms with Crippen LogP contribution in [0, 0.1) is 0 Å². The van der Waals surface area contributed by atoms with Crippen molar-refractivity contribution < 1.29 is 14.3 Å². The van der Waals surface area contributed by atoms with Gasteiger partial charge in [-0.05, 0) is 48.2 Å². The third-order valence-electron chi connectivity index (χ3n) is 5.47. The number of fused-ring (bicyclic) bond motifs is 1. The van der Waals surface area contributed by atoms with E-state index in [2.05, 4.69) is 0 Å². The summed E-state index contributed by atoms with van der Waals surface area (Å²) < 4.78 is 10.8. The molecule has 0 saturated heterocycles. The van der Waals surface area contributed by atoms with Crippen LogP contribution < -0.4 is 9.47 Å². The molecule has 0 unspecified atom stereocenters. The van der Waals surface area contributed by atoms with Gasteiger partial charge in [-0.2, -0.15) is 0 Å². The quantitative estimate of drug-likeness (QED) is 0.792. The molecule has 2 aromatic carbocycles. The molecule has 1 fully saturated rings. The van der Waals surface area contributed by atoms with Crippen LogP contribution in [0.1, 0.15) is 36.8 Å². The molecule has 4 rings (SSSR count). The highest BCUT2D eigenvalue weighted by molar-refractivity contribution is 6.30. The topological polar surface area (TPSA) is 38.8 Å². The average molecular weight is 372 g/mol. The van der Waals surface area contributed by atoms with Crippen LogP contribution in [-0.4, -0.2) is 24.6 Å². The van der Waals surface area contributed by atoms with Crippen LogP contribution in [0.5, 0.6) is 11.5 Å². The van der Waals surface area contributed by atoms with E-state index in [1.54, 1.807) is 0 Å². The molecular weight excluding hydrogens is 350 g/mol. The first-order chi connectivity index (χ1) is 12.6. The molecule has 1 amide bonds. The molecule has 0 spiro atoms. The van der Waals surface area contributed by atoms with Crippen molar-refractivity contribution in [2.75, 3.05) is 13.8 Å². The smallest absolute Gasteiger partial charge is 0.233 e. The zero-order valence-corrected chi connectivity index (χ0v) is 15.6. The third-order valence-corrected chi connectivity index (χ3v) is 5.72. The lowest BCUT2D eigenvalue weighted by Gasteiger charge is -2.33. The van der Waals surface area contributed by atoms with Gasteiger partial charge in [-0.1, -0.05) is 42.6 Å². The van der Waals surface area contributed by atoms with Gasteiger partial charge in [-0.25, -0.2) is 0 Å². The number of hydrogen-bond acceptors (Lipinski definition) is 3. The number of amides is 1. The van der Waals surface area contributed by atoms with Gasteiger partial charge in [0, 0.05) is 18.6 Å². The number of nitrogens with zero attached hydrogens (tertiary/aromatic N) is 1. The first-order valence-corrected chi connectivity index (χ1v) is 9.36. The summed E-state index contributed by atoms with van der Waals surface area (Å²) in [6.07, 6.45) is 3.93. The number of halogens is 1. The van der Waals surface area contributed by atoms with Gasteiger partial charge in [0.05, 0.1) is 5.41 Å². The van der Waals surface area contributed by atoms with Gasteiger partial charge in [-0.3, -0.25) is 4.79 Å². The van der Waals surface area contributed by atoms with Crippen LogP contribution in [0.2, 0.25) is 5.02 Å². The summed E-state index contributed by atoms with van der Waals surface area (Å²) in [5, 5.41) is 0.697. The van der Waals surface area contributed by atoms with Crippen molar-refractivity contribution in [3.8, 4) is 11.5 Å². The Morgan fingerprint density at radius 1 is 1.08 bits per heavy atom. The second kappa shape index (κ2) is 6.84. The van der Waals surface area contributed by atoms with E-state index in [1.165, 1.54) is 0 Å². The molecule has 1 aliphatic carbocycles. The molecule has 0 radical (unpaired) electrons. The standard InChI is InChI=1S/C21H22ClNO3/c1-23(13-15-4-9-18-19(12-15)26-14-25-18)20(24)21(10-2-3-11-21)16-5-7-17(22)8-6-16/h4-9,12H,2-3,10-11,13-14H2,1H3. The minimum atomic E-state index is -0.435. The van der Waals surface area contributed by atoms with E-state index in [9.17, 15) is 4.79 Å². The Balaban J connectivity index is 1.57. The number of hydrogen-bond donors (Lipinski definition) is 0. The van der Waals surface area contributed by atoms with Crippen molar-refractivity contribution in [2.45, 2.75) is 37.6 Å². The zero-order chi connectivity index (χ0) is 18.1. The average Bonchev–Trinajstić information content (AvgIpc) is 3.31. The lowest BCUT2D eigenvalue weighted by molar-refractivity contribution is -0.136. The molecule has 2 aromatic rings. The minimum absolute atomic E-state index is 0.176. The Morgan fingerprint density at radius 2 is 1.77 bits per heavy atom. The predicted molar refractivity (Wildman–Crippen MR) is 101 cm³/mol. The van der Waals surface area contributed by atoms with Gasteiger partial charge in [0.15, 0.2) is 11.5 Å². The first kappa shape index (κ1) is 17.2. The van der Waals surface area contributed by atoms with Crippen molar-refractivity contribution in [3.05, 3.63) is 58.6 Å². The Kier molecular flexibility index (Phi) is 4.53. The molecular formula is C21H22ClNO3. The number of ether oxygens (including phenoxy) is 2. The number of likely N-dealkylation sites (N-methyl/N-ethyl adjacent to an activating group) is 1. The van der Waals surface area contributed by atoms with E-state index in [0.29, 0.717) is 11.6 Å². The predicted octanol–water partition coefficient (Wildman–Crippen LogP) is 4.54. The maximum absolute atomic E-state index is 13.4. The summed E-state index contributed by atoms with van der Waals surface area (Å²) in [6.45, 7) is 0.804. The number of carbonyl (C=O) groups excluding carboxylic acids is 1. The molecule has 4 nitrogen and oxygen atoms in total. The fourth-order valence-corrected chi connectivity index (χ4v) is 4.25. The molecule has 0 bridgehead atoms. The maximum Gasteiger partial charge on any atom is 0.233 e.